The lowest BCUT2D eigenvalue weighted by atomic mass is 10.2. The topological polar surface area (TPSA) is 44.5 Å². The van der Waals surface area contributed by atoms with Crippen LogP contribution >= 0.6 is 23.2 Å². The van der Waals surface area contributed by atoms with E-state index in [2.05, 4.69) is 15.0 Å². The van der Waals surface area contributed by atoms with Gasteiger partial charge in [0.1, 0.15) is 0 Å². The zero-order chi connectivity index (χ0) is 12.5. The molecule has 2 heterocycles. The van der Waals surface area contributed by atoms with Crippen molar-refractivity contribution < 1.29 is 0 Å². The van der Waals surface area contributed by atoms with Crippen LogP contribution in [-0.4, -0.2) is 15.0 Å². The van der Waals surface area contributed by atoms with Crippen molar-refractivity contribution in [2.75, 3.05) is 0 Å². The molecule has 0 aliphatic heterocycles. The monoisotopic (exact) mass is 277 g/mol. The van der Waals surface area contributed by atoms with Crippen molar-refractivity contribution in [2.24, 2.45) is 0 Å². The van der Waals surface area contributed by atoms with Crippen LogP contribution < -0.4 is 0 Å². The Balaban J connectivity index is 2.05. The predicted octanol–water partition coefficient (Wildman–Crippen LogP) is 4.38. The molecule has 0 atom stereocenters. The number of hydrogen-bond donors (Lipinski definition) is 2. The summed E-state index contributed by atoms with van der Waals surface area (Å²) in [5.74, 6) is 0.769. The van der Waals surface area contributed by atoms with Crippen LogP contribution in [-0.2, 0) is 0 Å². The Morgan fingerprint density at radius 3 is 2.72 bits per heavy atom. The lowest BCUT2D eigenvalue weighted by Crippen LogP contribution is -1.82. The van der Waals surface area contributed by atoms with Crippen molar-refractivity contribution in [3.05, 3.63) is 52.8 Å². The number of benzene rings is 1. The fourth-order valence-corrected chi connectivity index (χ4v) is 2.16. The summed E-state index contributed by atoms with van der Waals surface area (Å²) in [5.41, 5.74) is 2.52. The summed E-state index contributed by atoms with van der Waals surface area (Å²) in [4.78, 5) is 10.7. The summed E-state index contributed by atoms with van der Waals surface area (Å²) in [7, 11) is 0. The number of aromatic amines is 2. The van der Waals surface area contributed by atoms with Gasteiger partial charge >= 0.3 is 0 Å². The second-order valence-electron chi connectivity index (χ2n) is 3.84. The first-order chi connectivity index (χ1) is 8.74. The van der Waals surface area contributed by atoms with Gasteiger partial charge in [0, 0.05) is 23.0 Å². The van der Waals surface area contributed by atoms with Crippen LogP contribution in [0.25, 0.3) is 22.8 Å². The molecule has 0 bridgehead atoms. The smallest absolute Gasteiger partial charge is 0.154 e. The molecule has 18 heavy (non-hydrogen) atoms. The fourth-order valence-electron chi connectivity index (χ4n) is 1.77. The van der Waals surface area contributed by atoms with E-state index in [0.717, 1.165) is 22.8 Å². The van der Waals surface area contributed by atoms with E-state index in [9.17, 15) is 0 Å². The van der Waals surface area contributed by atoms with E-state index in [1.54, 1.807) is 18.2 Å². The maximum absolute atomic E-state index is 6.14. The summed E-state index contributed by atoms with van der Waals surface area (Å²) in [6.45, 7) is 0. The van der Waals surface area contributed by atoms with Gasteiger partial charge in [0.05, 0.1) is 16.4 Å². The van der Waals surface area contributed by atoms with Gasteiger partial charge < -0.3 is 9.97 Å². The summed E-state index contributed by atoms with van der Waals surface area (Å²) in [6.07, 6.45) is 3.66. The summed E-state index contributed by atoms with van der Waals surface area (Å²) < 4.78 is 0. The lowest BCUT2D eigenvalue weighted by Gasteiger charge is -2.00. The highest BCUT2D eigenvalue weighted by Gasteiger charge is 2.09. The van der Waals surface area contributed by atoms with Crippen molar-refractivity contribution in [3.63, 3.8) is 0 Å². The summed E-state index contributed by atoms with van der Waals surface area (Å²) >= 11 is 12.1. The van der Waals surface area contributed by atoms with Gasteiger partial charge in [0.2, 0.25) is 0 Å². The van der Waals surface area contributed by atoms with Crippen LogP contribution in [0, 0.1) is 0 Å². The van der Waals surface area contributed by atoms with E-state index in [0.29, 0.717) is 10.0 Å². The quantitative estimate of drug-likeness (QED) is 0.717. The SMILES string of the molecule is Clc1ccc(Cl)c(-c2c[nH]c(-c3ccc[nH]3)n2)c1. The van der Waals surface area contributed by atoms with Gasteiger partial charge in [-0.25, -0.2) is 4.98 Å². The van der Waals surface area contributed by atoms with Gasteiger partial charge in [-0.1, -0.05) is 23.2 Å². The molecular weight excluding hydrogens is 269 g/mol. The molecule has 0 radical (unpaired) electrons. The van der Waals surface area contributed by atoms with Crippen LogP contribution in [0.15, 0.2) is 42.7 Å². The molecule has 0 saturated heterocycles. The van der Waals surface area contributed by atoms with Crippen molar-refractivity contribution in [1.82, 2.24) is 15.0 Å². The van der Waals surface area contributed by atoms with E-state index in [-0.39, 0.29) is 0 Å². The van der Waals surface area contributed by atoms with Crippen LogP contribution in [0.4, 0.5) is 0 Å². The zero-order valence-electron chi connectivity index (χ0n) is 9.24. The van der Waals surface area contributed by atoms with Gasteiger partial charge in [-0.05, 0) is 30.3 Å². The Morgan fingerprint density at radius 1 is 1.06 bits per heavy atom. The highest BCUT2D eigenvalue weighted by Crippen LogP contribution is 2.30. The van der Waals surface area contributed by atoms with Crippen LogP contribution in [0.3, 0.4) is 0 Å². The molecule has 2 N–H and O–H groups in total. The number of halogens is 2. The number of H-pyrrole nitrogens is 2. The van der Waals surface area contributed by atoms with Crippen LogP contribution in [0.1, 0.15) is 0 Å². The molecule has 0 aliphatic carbocycles. The Morgan fingerprint density at radius 2 is 1.94 bits per heavy atom. The van der Waals surface area contributed by atoms with Gasteiger partial charge in [0.25, 0.3) is 0 Å². The van der Waals surface area contributed by atoms with Crippen molar-refractivity contribution >= 4 is 23.2 Å². The second kappa shape index (κ2) is 4.52. The first-order valence-corrected chi connectivity index (χ1v) is 6.14. The Labute approximate surface area is 114 Å². The molecule has 0 unspecified atom stereocenters. The molecule has 3 aromatic rings. The fraction of sp³-hybridized carbons (Fsp3) is 0. The molecule has 2 aromatic heterocycles. The number of imidazole rings is 1. The molecule has 3 rings (SSSR count). The minimum absolute atomic E-state index is 0.629. The molecule has 5 heteroatoms. The minimum atomic E-state index is 0.629. The van der Waals surface area contributed by atoms with E-state index >= 15 is 0 Å². The number of nitrogens with zero attached hydrogens (tertiary/aromatic N) is 1. The average Bonchev–Trinajstić information content (AvgIpc) is 3.00. The number of hydrogen-bond acceptors (Lipinski definition) is 1. The normalized spacial score (nSPS) is 10.8. The van der Waals surface area contributed by atoms with Gasteiger partial charge in [-0.15, -0.1) is 0 Å². The first kappa shape index (κ1) is 11.4. The summed E-state index contributed by atoms with van der Waals surface area (Å²) in [6, 6.07) is 9.19. The highest BCUT2D eigenvalue weighted by atomic mass is 35.5. The third-order valence-corrected chi connectivity index (χ3v) is 3.20. The molecule has 0 saturated carbocycles. The molecule has 0 fully saturated rings. The van der Waals surface area contributed by atoms with Crippen LogP contribution in [0.5, 0.6) is 0 Å². The van der Waals surface area contributed by atoms with Crippen molar-refractivity contribution in [3.8, 4) is 22.8 Å². The number of aromatic nitrogens is 3. The summed E-state index contributed by atoms with van der Waals surface area (Å²) in [5, 5.41) is 1.27. The molecule has 0 aliphatic rings. The largest absolute Gasteiger partial charge is 0.359 e. The van der Waals surface area contributed by atoms with Gasteiger partial charge in [-0.3, -0.25) is 0 Å². The molecule has 0 spiro atoms. The Bertz CT molecular complexity index is 671. The van der Waals surface area contributed by atoms with E-state index < -0.39 is 0 Å². The Hall–Kier alpha value is -1.71. The molecule has 90 valence electrons. The zero-order valence-corrected chi connectivity index (χ0v) is 10.8. The van der Waals surface area contributed by atoms with Crippen molar-refractivity contribution in [1.29, 1.82) is 0 Å². The molecule has 3 nitrogen and oxygen atoms in total. The van der Waals surface area contributed by atoms with Gasteiger partial charge in [-0.2, -0.15) is 0 Å². The lowest BCUT2D eigenvalue weighted by molar-refractivity contribution is 1.26. The Kier molecular flexibility index (Phi) is 2.86. The minimum Gasteiger partial charge on any atom is -0.359 e. The number of nitrogens with one attached hydrogen (secondary N) is 2. The first-order valence-electron chi connectivity index (χ1n) is 5.38. The third kappa shape index (κ3) is 2.03. The van der Waals surface area contributed by atoms with E-state index in [1.807, 2.05) is 24.5 Å². The maximum atomic E-state index is 6.14. The standard InChI is InChI=1S/C13H9Cl2N3/c14-8-3-4-10(15)9(6-8)12-7-17-13(18-12)11-2-1-5-16-11/h1-7,16H,(H,17,18). The molecule has 1 aromatic carbocycles. The second-order valence-corrected chi connectivity index (χ2v) is 4.69. The molecule has 0 amide bonds. The average molecular weight is 278 g/mol. The van der Waals surface area contributed by atoms with E-state index in [1.165, 1.54) is 0 Å². The highest BCUT2D eigenvalue weighted by molar-refractivity contribution is 6.35. The molecular formula is C13H9Cl2N3. The predicted molar refractivity (Wildman–Crippen MR) is 73.8 cm³/mol. The van der Waals surface area contributed by atoms with Crippen molar-refractivity contribution in [2.45, 2.75) is 0 Å². The maximum Gasteiger partial charge on any atom is 0.154 e. The van der Waals surface area contributed by atoms with E-state index in [4.69, 9.17) is 23.2 Å². The van der Waals surface area contributed by atoms with Crippen LogP contribution in [0.2, 0.25) is 10.0 Å². The van der Waals surface area contributed by atoms with Gasteiger partial charge in [0.15, 0.2) is 5.82 Å². The third-order valence-electron chi connectivity index (χ3n) is 2.64. The number of rotatable bonds is 2.